The molecule has 0 radical (unpaired) electrons. The monoisotopic (exact) mass is 206 g/mol. The lowest BCUT2D eigenvalue weighted by Gasteiger charge is -2.07. The predicted molar refractivity (Wildman–Crippen MR) is 60.9 cm³/mol. The zero-order valence-corrected chi connectivity index (χ0v) is 9.67. The molecule has 82 valence electrons. The van der Waals surface area contributed by atoms with Crippen LogP contribution in [0.5, 0.6) is 0 Å². The highest BCUT2D eigenvalue weighted by Gasteiger charge is 2.06. The normalized spacial score (nSPS) is 10.1. The van der Waals surface area contributed by atoms with E-state index in [9.17, 15) is 4.79 Å². The van der Waals surface area contributed by atoms with Gasteiger partial charge in [-0.2, -0.15) is 0 Å². The van der Waals surface area contributed by atoms with Gasteiger partial charge in [-0.25, -0.2) is 0 Å². The summed E-state index contributed by atoms with van der Waals surface area (Å²) in [4.78, 5) is 11.3. The van der Waals surface area contributed by atoms with Crippen LogP contribution in [0.25, 0.3) is 0 Å². The highest BCUT2D eigenvalue weighted by molar-refractivity contribution is 5.73. The molecule has 0 aliphatic heterocycles. The van der Waals surface area contributed by atoms with Crippen LogP contribution in [0.1, 0.15) is 30.5 Å². The summed E-state index contributed by atoms with van der Waals surface area (Å²) < 4.78 is 4.92. The number of esters is 1. The minimum atomic E-state index is -0.148. The number of benzene rings is 1. The summed E-state index contributed by atoms with van der Waals surface area (Å²) in [7, 11) is 0. The van der Waals surface area contributed by atoms with E-state index in [4.69, 9.17) is 4.74 Å². The van der Waals surface area contributed by atoms with Gasteiger partial charge in [0, 0.05) is 0 Å². The first-order valence-electron chi connectivity index (χ1n) is 5.41. The molecule has 1 rings (SSSR count). The Labute approximate surface area is 91.3 Å². The number of ether oxygens (including phenoxy) is 1. The standard InChI is InChI=1S/C13H18O2/c1-4-11-6-7-12(10(3)8-11)9-13(14)15-5-2/h6-8H,4-5,9H2,1-3H3. The van der Waals surface area contributed by atoms with Crippen LogP contribution >= 0.6 is 0 Å². The van der Waals surface area contributed by atoms with Crippen molar-refractivity contribution in [1.82, 2.24) is 0 Å². The zero-order chi connectivity index (χ0) is 11.3. The Balaban J connectivity index is 2.73. The van der Waals surface area contributed by atoms with E-state index in [1.165, 1.54) is 11.1 Å². The number of carbonyl (C=O) groups excluding carboxylic acids is 1. The van der Waals surface area contributed by atoms with Crippen LogP contribution in [0, 0.1) is 6.92 Å². The lowest BCUT2D eigenvalue weighted by Crippen LogP contribution is -2.08. The van der Waals surface area contributed by atoms with Crippen LogP contribution in [0.3, 0.4) is 0 Å². The van der Waals surface area contributed by atoms with Crippen molar-refractivity contribution in [3.63, 3.8) is 0 Å². The van der Waals surface area contributed by atoms with Crippen molar-refractivity contribution in [2.45, 2.75) is 33.6 Å². The summed E-state index contributed by atoms with van der Waals surface area (Å²) >= 11 is 0. The second-order valence-electron chi connectivity index (χ2n) is 3.60. The Morgan fingerprint density at radius 1 is 1.33 bits per heavy atom. The van der Waals surface area contributed by atoms with Gasteiger partial charge in [0.25, 0.3) is 0 Å². The summed E-state index contributed by atoms with van der Waals surface area (Å²) in [6.45, 7) is 6.43. The first-order chi connectivity index (χ1) is 7.17. The Morgan fingerprint density at radius 2 is 2.07 bits per heavy atom. The average Bonchev–Trinajstić information content (AvgIpc) is 2.21. The van der Waals surface area contributed by atoms with Crippen LogP contribution in [0.2, 0.25) is 0 Å². The second kappa shape index (κ2) is 5.54. The van der Waals surface area contributed by atoms with Crippen molar-refractivity contribution in [3.05, 3.63) is 34.9 Å². The van der Waals surface area contributed by atoms with Crippen molar-refractivity contribution in [3.8, 4) is 0 Å². The molecule has 0 bridgehead atoms. The number of hydrogen-bond acceptors (Lipinski definition) is 2. The fourth-order valence-corrected chi connectivity index (χ4v) is 1.54. The third-order valence-corrected chi connectivity index (χ3v) is 2.46. The third kappa shape index (κ3) is 3.39. The fourth-order valence-electron chi connectivity index (χ4n) is 1.54. The quantitative estimate of drug-likeness (QED) is 0.708. The minimum absolute atomic E-state index is 0.148. The fraction of sp³-hybridized carbons (Fsp3) is 0.462. The van der Waals surface area contributed by atoms with Crippen molar-refractivity contribution >= 4 is 5.97 Å². The molecule has 0 saturated carbocycles. The second-order valence-corrected chi connectivity index (χ2v) is 3.60. The summed E-state index contributed by atoms with van der Waals surface area (Å²) in [5.41, 5.74) is 3.54. The first kappa shape index (κ1) is 11.8. The molecule has 15 heavy (non-hydrogen) atoms. The van der Waals surface area contributed by atoms with E-state index in [0.29, 0.717) is 13.0 Å². The number of carbonyl (C=O) groups is 1. The molecule has 0 amide bonds. The molecule has 0 N–H and O–H groups in total. The van der Waals surface area contributed by atoms with Gasteiger partial charge in [0.15, 0.2) is 0 Å². The Bertz CT molecular complexity index is 342. The van der Waals surface area contributed by atoms with Crippen LogP contribution in [-0.2, 0) is 22.4 Å². The first-order valence-corrected chi connectivity index (χ1v) is 5.41. The van der Waals surface area contributed by atoms with Gasteiger partial charge in [0.1, 0.15) is 0 Å². The van der Waals surface area contributed by atoms with Gasteiger partial charge in [-0.15, -0.1) is 0 Å². The zero-order valence-electron chi connectivity index (χ0n) is 9.67. The molecule has 2 heteroatoms. The largest absolute Gasteiger partial charge is 0.466 e. The van der Waals surface area contributed by atoms with E-state index in [0.717, 1.165) is 12.0 Å². The van der Waals surface area contributed by atoms with Gasteiger partial charge in [0.2, 0.25) is 0 Å². The van der Waals surface area contributed by atoms with E-state index >= 15 is 0 Å². The van der Waals surface area contributed by atoms with Crippen LogP contribution in [-0.4, -0.2) is 12.6 Å². The summed E-state index contributed by atoms with van der Waals surface area (Å²) in [5.74, 6) is -0.148. The molecule has 0 aliphatic rings. The maximum absolute atomic E-state index is 11.3. The third-order valence-electron chi connectivity index (χ3n) is 2.46. The molecule has 0 spiro atoms. The van der Waals surface area contributed by atoms with Gasteiger partial charge in [-0.3, -0.25) is 4.79 Å². The number of hydrogen-bond donors (Lipinski definition) is 0. The number of rotatable bonds is 4. The average molecular weight is 206 g/mol. The van der Waals surface area contributed by atoms with Crippen LogP contribution in [0.15, 0.2) is 18.2 Å². The molecule has 2 nitrogen and oxygen atoms in total. The van der Waals surface area contributed by atoms with Crippen molar-refractivity contribution in [1.29, 1.82) is 0 Å². The summed E-state index contributed by atoms with van der Waals surface area (Å²) in [6, 6.07) is 6.22. The molecular weight excluding hydrogens is 188 g/mol. The molecular formula is C13H18O2. The van der Waals surface area contributed by atoms with E-state index in [2.05, 4.69) is 19.1 Å². The van der Waals surface area contributed by atoms with E-state index < -0.39 is 0 Å². The Kier molecular flexibility index (Phi) is 4.35. The van der Waals surface area contributed by atoms with E-state index in [-0.39, 0.29) is 5.97 Å². The highest BCUT2D eigenvalue weighted by Crippen LogP contribution is 2.12. The van der Waals surface area contributed by atoms with Crippen molar-refractivity contribution < 1.29 is 9.53 Å². The molecule has 1 aromatic carbocycles. The van der Waals surface area contributed by atoms with Crippen molar-refractivity contribution in [2.75, 3.05) is 6.61 Å². The molecule has 0 fully saturated rings. The van der Waals surface area contributed by atoms with Gasteiger partial charge in [-0.05, 0) is 37.0 Å². The minimum Gasteiger partial charge on any atom is -0.466 e. The molecule has 0 aromatic heterocycles. The van der Waals surface area contributed by atoms with Crippen LogP contribution in [0.4, 0.5) is 0 Å². The smallest absolute Gasteiger partial charge is 0.310 e. The van der Waals surface area contributed by atoms with Gasteiger partial charge in [0.05, 0.1) is 13.0 Å². The Hall–Kier alpha value is -1.31. The van der Waals surface area contributed by atoms with Gasteiger partial charge in [-0.1, -0.05) is 25.1 Å². The SMILES string of the molecule is CCOC(=O)Cc1ccc(CC)cc1C. The Morgan fingerprint density at radius 3 is 2.60 bits per heavy atom. The van der Waals surface area contributed by atoms with Crippen molar-refractivity contribution in [2.24, 2.45) is 0 Å². The maximum Gasteiger partial charge on any atom is 0.310 e. The lowest BCUT2D eigenvalue weighted by atomic mass is 10.0. The predicted octanol–water partition coefficient (Wildman–Crippen LogP) is 2.66. The highest BCUT2D eigenvalue weighted by atomic mass is 16.5. The molecule has 0 unspecified atom stereocenters. The van der Waals surface area contributed by atoms with Crippen LogP contribution < -0.4 is 0 Å². The number of aryl methyl sites for hydroxylation is 2. The molecule has 0 heterocycles. The topological polar surface area (TPSA) is 26.3 Å². The van der Waals surface area contributed by atoms with Gasteiger partial charge >= 0.3 is 5.97 Å². The van der Waals surface area contributed by atoms with Gasteiger partial charge < -0.3 is 4.74 Å². The summed E-state index contributed by atoms with van der Waals surface area (Å²) in [6.07, 6.45) is 1.41. The molecule has 1 aromatic rings. The summed E-state index contributed by atoms with van der Waals surface area (Å²) in [5, 5.41) is 0. The molecule has 0 saturated heterocycles. The maximum atomic E-state index is 11.3. The lowest BCUT2D eigenvalue weighted by molar-refractivity contribution is -0.142. The molecule has 0 atom stereocenters. The van der Waals surface area contributed by atoms with E-state index in [1.54, 1.807) is 0 Å². The van der Waals surface area contributed by atoms with E-state index in [1.807, 2.05) is 19.9 Å². The molecule has 0 aliphatic carbocycles.